The van der Waals surface area contributed by atoms with Gasteiger partial charge in [0.2, 0.25) is 0 Å². The van der Waals surface area contributed by atoms with E-state index in [1.807, 2.05) is 6.07 Å². The Morgan fingerprint density at radius 3 is 2.62 bits per heavy atom. The Balaban J connectivity index is 2.10. The maximum absolute atomic E-state index is 10.9. The van der Waals surface area contributed by atoms with Crippen molar-refractivity contribution in [3.8, 4) is 0 Å². The molecule has 0 aromatic heterocycles. The SMILES string of the molecule is CCC(c1cccc([N+](=O)[O-])c1)N1CCC(C(C)N)CC1. The number of benzene rings is 1. The number of nitrogens with two attached hydrogens (primary N) is 1. The minimum Gasteiger partial charge on any atom is -0.328 e. The number of piperidine rings is 1. The molecule has 1 aliphatic rings. The summed E-state index contributed by atoms with van der Waals surface area (Å²) in [4.78, 5) is 13.1. The van der Waals surface area contributed by atoms with Crippen molar-refractivity contribution in [1.29, 1.82) is 0 Å². The zero-order chi connectivity index (χ0) is 15.4. The molecular formula is C16H25N3O2. The van der Waals surface area contributed by atoms with Gasteiger partial charge in [-0.2, -0.15) is 0 Å². The molecule has 2 unspecified atom stereocenters. The third-order valence-electron chi connectivity index (χ3n) is 4.61. The molecule has 0 aliphatic carbocycles. The Morgan fingerprint density at radius 2 is 2.10 bits per heavy atom. The van der Waals surface area contributed by atoms with E-state index in [0.717, 1.165) is 37.9 Å². The molecular weight excluding hydrogens is 266 g/mol. The first kappa shape index (κ1) is 15.9. The topological polar surface area (TPSA) is 72.4 Å². The molecule has 116 valence electrons. The summed E-state index contributed by atoms with van der Waals surface area (Å²) in [6.45, 7) is 6.26. The Kier molecular flexibility index (Phi) is 5.31. The number of likely N-dealkylation sites (tertiary alicyclic amines) is 1. The normalized spacial score (nSPS) is 20.1. The second kappa shape index (κ2) is 7.00. The highest BCUT2D eigenvalue weighted by atomic mass is 16.6. The molecule has 0 radical (unpaired) electrons. The van der Waals surface area contributed by atoms with Gasteiger partial charge in [0.1, 0.15) is 0 Å². The molecule has 1 fully saturated rings. The molecule has 1 heterocycles. The molecule has 0 bridgehead atoms. The maximum Gasteiger partial charge on any atom is 0.269 e. The van der Waals surface area contributed by atoms with Crippen LogP contribution in [0.1, 0.15) is 44.7 Å². The van der Waals surface area contributed by atoms with E-state index in [4.69, 9.17) is 5.73 Å². The van der Waals surface area contributed by atoms with Crippen molar-refractivity contribution in [3.05, 3.63) is 39.9 Å². The predicted molar refractivity (Wildman–Crippen MR) is 84.1 cm³/mol. The van der Waals surface area contributed by atoms with Gasteiger partial charge in [-0.15, -0.1) is 0 Å². The van der Waals surface area contributed by atoms with Gasteiger partial charge >= 0.3 is 0 Å². The molecule has 1 aromatic carbocycles. The smallest absolute Gasteiger partial charge is 0.269 e. The third kappa shape index (κ3) is 3.80. The monoisotopic (exact) mass is 291 g/mol. The van der Waals surface area contributed by atoms with Crippen molar-refractivity contribution in [1.82, 2.24) is 4.90 Å². The lowest BCUT2D eigenvalue weighted by atomic mass is 9.89. The lowest BCUT2D eigenvalue weighted by Crippen LogP contribution is -2.41. The van der Waals surface area contributed by atoms with Gasteiger partial charge in [0.05, 0.1) is 4.92 Å². The fourth-order valence-corrected chi connectivity index (χ4v) is 3.31. The first-order valence-corrected chi connectivity index (χ1v) is 7.77. The van der Waals surface area contributed by atoms with Crippen LogP contribution in [0.15, 0.2) is 24.3 Å². The van der Waals surface area contributed by atoms with Gasteiger partial charge in [-0.1, -0.05) is 19.1 Å². The van der Waals surface area contributed by atoms with Crippen LogP contribution in [0.2, 0.25) is 0 Å². The van der Waals surface area contributed by atoms with Gasteiger partial charge in [-0.05, 0) is 50.8 Å². The fourth-order valence-electron chi connectivity index (χ4n) is 3.31. The molecule has 0 saturated carbocycles. The summed E-state index contributed by atoms with van der Waals surface area (Å²) in [5.41, 5.74) is 7.22. The lowest BCUT2D eigenvalue weighted by Gasteiger charge is -2.38. The number of nitro groups is 1. The number of rotatable bonds is 5. The molecule has 2 atom stereocenters. The van der Waals surface area contributed by atoms with Crippen molar-refractivity contribution in [2.75, 3.05) is 13.1 Å². The summed E-state index contributed by atoms with van der Waals surface area (Å²) >= 11 is 0. The van der Waals surface area contributed by atoms with Gasteiger partial charge in [0, 0.05) is 24.2 Å². The van der Waals surface area contributed by atoms with Crippen LogP contribution >= 0.6 is 0 Å². The van der Waals surface area contributed by atoms with Crippen LogP contribution in [-0.2, 0) is 0 Å². The quantitative estimate of drug-likeness (QED) is 0.668. The standard InChI is InChI=1S/C16H25N3O2/c1-3-16(14-5-4-6-15(11-14)19(20)21)18-9-7-13(8-10-18)12(2)17/h4-6,11-13,16H,3,7-10,17H2,1-2H3. The minimum atomic E-state index is -0.321. The molecule has 0 amide bonds. The molecule has 0 spiro atoms. The molecule has 1 aliphatic heterocycles. The summed E-state index contributed by atoms with van der Waals surface area (Å²) in [5.74, 6) is 0.601. The number of hydrogen-bond acceptors (Lipinski definition) is 4. The van der Waals surface area contributed by atoms with Gasteiger partial charge in [-0.3, -0.25) is 15.0 Å². The number of nitrogens with zero attached hydrogens (tertiary/aromatic N) is 2. The summed E-state index contributed by atoms with van der Waals surface area (Å²) in [7, 11) is 0. The Labute approximate surface area is 126 Å². The second-order valence-electron chi connectivity index (χ2n) is 6.01. The van der Waals surface area contributed by atoms with Gasteiger partial charge < -0.3 is 5.73 Å². The van der Waals surface area contributed by atoms with Gasteiger partial charge in [0.25, 0.3) is 5.69 Å². The maximum atomic E-state index is 10.9. The minimum absolute atomic E-state index is 0.177. The van der Waals surface area contributed by atoms with E-state index < -0.39 is 0 Å². The Hall–Kier alpha value is -1.46. The van der Waals surface area contributed by atoms with E-state index in [-0.39, 0.29) is 22.7 Å². The lowest BCUT2D eigenvalue weighted by molar-refractivity contribution is -0.385. The summed E-state index contributed by atoms with van der Waals surface area (Å²) in [5, 5.41) is 10.9. The molecule has 1 aromatic rings. The largest absolute Gasteiger partial charge is 0.328 e. The highest BCUT2D eigenvalue weighted by Gasteiger charge is 2.27. The zero-order valence-electron chi connectivity index (χ0n) is 12.9. The van der Waals surface area contributed by atoms with E-state index in [1.54, 1.807) is 18.2 Å². The number of non-ortho nitro benzene ring substituents is 1. The second-order valence-corrected chi connectivity index (χ2v) is 6.01. The van der Waals surface area contributed by atoms with Crippen LogP contribution in [-0.4, -0.2) is 29.0 Å². The van der Waals surface area contributed by atoms with Crippen LogP contribution in [0.3, 0.4) is 0 Å². The van der Waals surface area contributed by atoms with E-state index in [9.17, 15) is 10.1 Å². The van der Waals surface area contributed by atoms with E-state index in [0.29, 0.717) is 5.92 Å². The van der Waals surface area contributed by atoms with E-state index in [1.165, 1.54) is 0 Å². The molecule has 5 heteroatoms. The highest BCUT2D eigenvalue weighted by Crippen LogP contribution is 2.31. The summed E-state index contributed by atoms with van der Waals surface area (Å²) < 4.78 is 0. The molecule has 1 saturated heterocycles. The van der Waals surface area contributed by atoms with Gasteiger partial charge in [0.15, 0.2) is 0 Å². The van der Waals surface area contributed by atoms with Crippen LogP contribution in [0.25, 0.3) is 0 Å². The van der Waals surface area contributed by atoms with Crippen molar-refractivity contribution >= 4 is 5.69 Å². The average Bonchev–Trinajstić information content (AvgIpc) is 2.49. The highest BCUT2D eigenvalue weighted by molar-refractivity contribution is 5.35. The van der Waals surface area contributed by atoms with Gasteiger partial charge in [-0.25, -0.2) is 0 Å². The first-order valence-electron chi connectivity index (χ1n) is 7.77. The summed E-state index contributed by atoms with van der Waals surface area (Å²) in [6.07, 6.45) is 3.19. The zero-order valence-corrected chi connectivity index (χ0v) is 12.9. The number of nitro benzene ring substituents is 1. The third-order valence-corrected chi connectivity index (χ3v) is 4.61. The van der Waals surface area contributed by atoms with Crippen LogP contribution in [0.5, 0.6) is 0 Å². The summed E-state index contributed by atoms with van der Waals surface area (Å²) in [6, 6.07) is 7.57. The predicted octanol–water partition coefficient (Wildman–Crippen LogP) is 3.11. The van der Waals surface area contributed by atoms with Crippen LogP contribution in [0.4, 0.5) is 5.69 Å². The first-order chi connectivity index (χ1) is 10.0. The molecule has 21 heavy (non-hydrogen) atoms. The van der Waals surface area contributed by atoms with Crippen molar-refractivity contribution < 1.29 is 4.92 Å². The number of hydrogen-bond donors (Lipinski definition) is 1. The van der Waals surface area contributed by atoms with E-state index in [2.05, 4.69) is 18.7 Å². The van der Waals surface area contributed by atoms with Crippen molar-refractivity contribution in [3.63, 3.8) is 0 Å². The van der Waals surface area contributed by atoms with Crippen molar-refractivity contribution in [2.24, 2.45) is 11.7 Å². The van der Waals surface area contributed by atoms with Crippen LogP contribution in [0, 0.1) is 16.0 Å². The van der Waals surface area contributed by atoms with E-state index >= 15 is 0 Å². The Bertz CT molecular complexity index is 482. The van der Waals surface area contributed by atoms with Crippen LogP contribution < -0.4 is 5.73 Å². The van der Waals surface area contributed by atoms with Crippen molar-refractivity contribution in [2.45, 2.75) is 45.2 Å². The average molecular weight is 291 g/mol. The molecule has 2 N–H and O–H groups in total. The fraction of sp³-hybridized carbons (Fsp3) is 0.625. The molecule has 2 rings (SSSR count). The molecule has 5 nitrogen and oxygen atoms in total. The Morgan fingerprint density at radius 1 is 1.43 bits per heavy atom.